The summed E-state index contributed by atoms with van der Waals surface area (Å²) in [6, 6.07) is 13.5. The Morgan fingerprint density at radius 3 is 2.50 bits per heavy atom. The molecule has 0 aromatic heterocycles. The zero-order valence-electron chi connectivity index (χ0n) is 11.7. The Morgan fingerprint density at radius 1 is 1.05 bits per heavy atom. The number of hydrogen-bond acceptors (Lipinski definition) is 3. The van der Waals surface area contributed by atoms with E-state index in [1.54, 1.807) is 7.11 Å². The Morgan fingerprint density at radius 2 is 1.80 bits per heavy atom. The van der Waals surface area contributed by atoms with Crippen LogP contribution in [0.15, 0.2) is 42.5 Å². The van der Waals surface area contributed by atoms with Crippen molar-refractivity contribution in [2.24, 2.45) is 0 Å². The van der Waals surface area contributed by atoms with Crippen LogP contribution in [-0.4, -0.2) is 14.2 Å². The van der Waals surface area contributed by atoms with Crippen LogP contribution in [0.3, 0.4) is 0 Å². The molecule has 2 aromatic carbocycles. The van der Waals surface area contributed by atoms with Gasteiger partial charge in [-0.2, -0.15) is 0 Å². The van der Waals surface area contributed by atoms with Gasteiger partial charge in [-0.05, 0) is 19.2 Å². The minimum absolute atomic E-state index is 0.413. The standard InChI is InChI=1S/C16H18ClNO2/c1-18-10-12-7-5-9-15(19-2)16(12)20-11-13-6-3-4-8-14(13)17/h3-9,18H,10-11H2,1-2H3. The smallest absolute Gasteiger partial charge is 0.166 e. The molecule has 2 aromatic rings. The number of nitrogens with one attached hydrogen (secondary N) is 1. The number of ether oxygens (including phenoxy) is 2. The fourth-order valence-electron chi connectivity index (χ4n) is 1.98. The molecule has 0 aliphatic carbocycles. The highest BCUT2D eigenvalue weighted by Crippen LogP contribution is 2.32. The van der Waals surface area contributed by atoms with Gasteiger partial charge in [-0.25, -0.2) is 0 Å². The third-order valence-corrected chi connectivity index (χ3v) is 3.35. The highest BCUT2D eigenvalue weighted by atomic mass is 35.5. The van der Waals surface area contributed by atoms with Crippen LogP contribution in [0.25, 0.3) is 0 Å². The van der Waals surface area contributed by atoms with E-state index in [-0.39, 0.29) is 0 Å². The largest absolute Gasteiger partial charge is 0.493 e. The molecule has 0 fully saturated rings. The molecular formula is C16H18ClNO2. The summed E-state index contributed by atoms with van der Waals surface area (Å²) in [5.74, 6) is 1.48. The molecule has 3 nitrogen and oxygen atoms in total. The molecule has 0 radical (unpaired) electrons. The summed E-state index contributed by atoms with van der Waals surface area (Å²) < 4.78 is 11.3. The number of methoxy groups -OCH3 is 1. The fraction of sp³-hybridized carbons (Fsp3) is 0.250. The van der Waals surface area contributed by atoms with Gasteiger partial charge >= 0.3 is 0 Å². The van der Waals surface area contributed by atoms with Crippen molar-refractivity contribution >= 4 is 11.6 Å². The predicted molar refractivity (Wildman–Crippen MR) is 81.5 cm³/mol. The van der Waals surface area contributed by atoms with E-state index >= 15 is 0 Å². The summed E-state index contributed by atoms with van der Waals surface area (Å²) in [4.78, 5) is 0. The van der Waals surface area contributed by atoms with Gasteiger partial charge in [-0.3, -0.25) is 0 Å². The van der Waals surface area contributed by atoms with E-state index in [4.69, 9.17) is 21.1 Å². The second-order valence-electron chi connectivity index (χ2n) is 4.36. The first-order valence-corrected chi connectivity index (χ1v) is 6.80. The van der Waals surface area contributed by atoms with Gasteiger partial charge in [0.15, 0.2) is 11.5 Å². The number of halogens is 1. The van der Waals surface area contributed by atoms with E-state index in [0.717, 1.165) is 29.2 Å². The number of para-hydroxylation sites is 1. The average molecular weight is 292 g/mol. The first kappa shape index (κ1) is 14.7. The number of benzene rings is 2. The first-order valence-electron chi connectivity index (χ1n) is 6.43. The van der Waals surface area contributed by atoms with Crippen LogP contribution >= 0.6 is 11.6 Å². The van der Waals surface area contributed by atoms with Crippen molar-refractivity contribution in [3.8, 4) is 11.5 Å². The van der Waals surface area contributed by atoms with Crippen LogP contribution in [-0.2, 0) is 13.2 Å². The molecule has 0 aliphatic rings. The number of rotatable bonds is 6. The summed E-state index contributed by atoms with van der Waals surface area (Å²) in [5.41, 5.74) is 2.01. The van der Waals surface area contributed by atoms with E-state index in [1.165, 1.54) is 0 Å². The van der Waals surface area contributed by atoms with Gasteiger partial charge in [0, 0.05) is 22.7 Å². The summed E-state index contributed by atoms with van der Waals surface area (Å²) in [7, 11) is 3.54. The van der Waals surface area contributed by atoms with Gasteiger partial charge in [0.1, 0.15) is 6.61 Å². The van der Waals surface area contributed by atoms with Gasteiger partial charge in [-0.15, -0.1) is 0 Å². The van der Waals surface area contributed by atoms with E-state index in [0.29, 0.717) is 11.6 Å². The molecule has 1 N–H and O–H groups in total. The van der Waals surface area contributed by atoms with Crippen LogP contribution in [0.4, 0.5) is 0 Å². The van der Waals surface area contributed by atoms with Crippen molar-refractivity contribution in [1.29, 1.82) is 0 Å². The van der Waals surface area contributed by atoms with Gasteiger partial charge in [0.05, 0.1) is 7.11 Å². The van der Waals surface area contributed by atoms with Crippen molar-refractivity contribution < 1.29 is 9.47 Å². The van der Waals surface area contributed by atoms with Crippen LogP contribution in [0.1, 0.15) is 11.1 Å². The zero-order valence-corrected chi connectivity index (χ0v) is 12.4. The normalized spacial score (nSPS) is 10.3. The van der Waals surface area contributed by atoms with E-state index in [9.17, 15) is 0 Å². The molecular weight excluding hydrogens is 274 g/mol. The molecule has 0 saturated heterocycles. The van der Waals surface area contributed by atoms with E-state index in [1.807, 2.05) is 49.5 Å². The summed E-state index contributed by atoms with van der Waals surface area (Å²) in [6.07, 6.45) is 0. The highest BCUT2D eigenvalue weighted by molar-refractivity contribution is 6.31. The lowest BCUT2D eigenvalue weighted by Crippen LogP contribution is -2.08. The second-order valence-corrected chi connectivity index (χ2v) is 4.77. The van der Waals surface area contributed by atoms with E-state index in [2.05, 4.69) is 5.32 Å². The second kappa shape index (κ2) is 7.17. The van der Waals surface area contributed by atoms with Crippen molar-refractivity contribution in [3.63, 3.8) is 0 Å². The maximum absolute atomic E-state index is 6.14. The molecule has 4 heteroatoms. The highest BCUT2D eigenvalue weighted by Gasteiger charge is 2.11. The minimum atomic E-state index is 0.413. The van der Waals surface area contributed by atoms with Gasteiger partial charge in [-0.1, -0.05) is 41.9 Å². The molecule has 0 unspecified atom stereocenters. The fourth-order valence-corrected chi connectivity index (χ4v) is 2.17. The predicted octanol–water partition coefficient (Wildman–Crippen LogP) is 3.65. The Labute approximate surface area is 124 Å². The molecule has 0 saturated carbocycles. The van der Waals surface area contributed by atoms with Gasteiger partial charge in [0.2, 0.25) is 0 Å². The summed E-state index contributed by atoms with van der Waals surface area (Å²) in [6.45, 7) is 1.13. The minimum Gasteiger partial charge on any atom is -0.493 e. The molecule has 106 valence electrons. The summed E-state index contributed by atoms with van der Waals surface area (Å²) >= 11 is 6.14. The average Bonchev–Trinajstić information content (AvgIpc) is 2.47. The Balaban J connectivity index is 2.21. The van der Waals surface area contributed by atoms with Crippen LogP contribution < -0.4 is 14.8 Å². The Kier molecular flexibility index (Phi) is 5.27. The SMILES string of the molecule is CNCc1cccc(OC)c1OCc1ccccc1Cl. The molecule has 0 spiro atoms. The van der Waals surface area contributed by atoms with Crippen LogP contribution in [0.5, 0.6) is 11.5 Å². The molecule has 2 rings (SSSR count). The van der Waals surface area contributed by atoms with Gasteiger partial charge < -0.3 is 14.8 Å². The van der Waals surface area contributed by atoms with Gasteiger partial charge in [0.25, 0.3) is 0 Å². The maximum atomic E-state index is 6.14. The van der Waals surface area contributed by atoms with E-state index < -0.39 is 0 Å². The lowest BCUT2D eigenvalue weighted by atomic mass is 10.1. The summed E-state index contributed by atoms with van der Waals surface area (Å²) in [5, 5.41) is 3.83. The molecule has 0 amide bonds. The number of hydrogen-bond donors (Lipinski definition) is 1. The lowest BCUT2D eigenvalue weighted by Gasteiger charge is -2.15. The first-order chi connectivity index (χ1) is 9.76. The van der Waals surface area contributed by atoms with Crippen LogP contribution in [0.2, 0.25) is 5.02 Å². The monoisotopic (exact) mass is 291 g/mol. The van der Waals surface area contributed by atoms with Crippen molar-refractivity contribution in [3.05, 3.63) is 58.6 Å². The molecule has 0 heterocycles. The molecule has 0 aliphatic heterocycles. The molecule has 20 heavy (non-hydrogen) atoms. The Hall–Kier alpha value is -1.71. The third kappa shape index (κ3) is 3.44. The maximum Gasteiger partial charge on any atom is 0.166 e. The molecule has 0 bridgehead atoms. The van der Waals surface area contributed by atoms with Crippen LogP contribution in [0, 0.1) is 0 Å². The van der Waals surface area contributed by atoms with Crippen molar-refractivity contribution in [2.45, 2.75) is 13.2 Å². The Bertz CT molecular complexity index is 572. The lowest BCUT2D eigenvalue weighted by molar-refractivity contribution is 0.281. The quantitative estimate of drug-likeness (QED) is 0.881. The third-order valence-electron chi connectivity index (χ3n) is 2.98. The van der Waals surface area contributed by atoms with Crippen molar-refractivity contribution in [1.82, 2.24) is 5.32 Å². The van der Waals surface area contributed by atoms with Crippen molar-refractivity contribution in [2.75, 3.05) is 14.2 Å². The molecule has 0 atom stereocenters. The zero-order chi connectivity index (χ0) is 14.4. The topological polar surface area (TPSA) is 30.5 Å².